The summed E-state index contributed by atoms with van der Waals surface area (Å²) in [5.74, 6) is 0.543. The Balaban J connectivity index is 2.39. The predicted molar refractivity (Wildman–Crippen MR) is 85.7 cm³/mol. The third-order valence-electron chi connectivity index (χ3n) is 4.78. The van der Waals surface area contributed by atoms with E-state index in [0.29, 0.717) is 5.92 Å². The molecule has 1 aromatic carbocycles. The minimum absolute atomic E-state index is 0.264. The summed E-state index contributed by atoms with van der Waals surface area (Å²) < 4.78 is 12.3. The van der Waals surface area contributed by atoms with Crippen LogP contribution in [0.25, 0.3) is 0 Å². The number of aryl methyl sites for hydroxylation is 2. The second-order valence-electron chi connectivity index (χ2n) is 7.31. The van der Waals surface area contributed by atoms with Crippen LogP contribution in [0.5, 0.6) is 0 Å². The molecule has 1 heterocycles. The van der Waals surface area contributed by atoms with E-state index in [1.165, 1.54) is 16.7 Å². The average molecular weight is 274 g/mol. The molecule has 0 saturated carbocycles. The third-order valence-corrected chi connectivity index (χ3v) is 4.78. The first-order valence-corrected chi connectivity index (χ1v) is 7.52. The van der Waals surface area contributed by atoms with E-state index >= 15 is 0 Å². The molecule has 1 aliphatic rings. The molecular formula is C17H27BO2. The largest absolute Gasteiger partial charge is 0.495 e. The Morgan fingerprint density at radius 1 is 0.900 bits per heavy atom. The van der Waals surface area contributed by atoms with Crippen LogP contribution in [-0.4, -0.2) is 18.3 Å². The van der Waals surface area contributed by atoms with Crippen molar-refractivity contribution in [3.05, 3.63) is 28.8 Å². The van der Waals surface area contributed by atoms with Crippen molar-refractivity contribution in [1.82, 2.24) is 0 Å². The van der Waals surface area contributed by atoms with Crippen molar-refractivity contribution in [3.8, 4) is 0 Å². The molecule has 3 heteroatoms. The van der Waals surface area contributed by atoms with Crippen LogP contribution < -0.4 is 5.46 Å². The van der Waals surface area contributed by atoms with E-state index in [1.807, 2.05) is 0 Å². The molecule has 0 bridgehead atoms. The van der Waals surface area contributed by atoms with Gasteiger partial charge in [0.25, 0.3) is 0 Å². The molecule has 2 nitrogen and oxygen atoms in total. The highest BCUT2D eigenvalue weighted by atomic mass is 16.7. The van der Waals surface area contributed by atoms with E-state index in [0.717, 1.165) is 5.46 Å². The van der Waals surface area contributed by atoms with E-state index in [2.05, 4.69) is 67.5 Å². The van der Waals surface area contributed by atoms with Gasteiger partial charge in [-0.25, -0.2) is 0 Å². The monoisotopic (exact) mass is 274 g/mol. The maximum absolute atomic E-state index is 6.16. The summed E-state index contributed by atoms with van der Waals surface area (Å²) in [4.78, 5) is 0. The minimum Gasteiger partial charge on any atom is -0.399 e. The van der Waals surface area contributed by atoms with Gasteiger partial charge in [0.05, 0.1) is 11.2 Å². The van der Waals surface area contributed by atoms with Crippen molar-refractivity contribution in [1.29, 1.82) is 0 Å². The molecule has 0 aliphatic carbocycles. The molecule has 1 saturated heterocycles. The van der Waals surface area contributed by atoms with Gasteiger partial charge < -0.3 is 9.31 Å². The second kappa shape index (κ2) is 4.89. The van der Waals surface area contributed by atoms with Gasteiger partial charge in [-0.15, -0.1) is 0 Å². The quantitative estimate of drug-likeness (QED) is 0.765. The number of rotatable bonds is 2. The first-order valence-electron chi connectivity index (χ1n) is 7.52. The van der Waals surface area contributed by atoms with Crippen LogP contribution in [0, 0.1) is 13.8 Å². The molecule has 0 aromatic heterocycles. The van der Waals surface area contributed by atoms with Crippen molar-refractivity contribution >= 4 is 12.6 Å². The summed E-state index contributed by atoms with van der Waals surface area (Å²) in [6, 6.07) is 4.51. The van der Waals surface area contributed by atoms with Gasteiger partial charge in [-0.3, -0.25) is 0 Å². The van der Waals surface area contributed by atoms with Crippen LogP contribution in [-0.2, 0) is 9.31 Å². The Kier molecular flexibility index (Phi) is 3.81. The Hall–Kier alpha value is -0.795. The first kappa shape index (κ1) is 15.6. The van der Waals surface area contributed by atoms with Gasteiger partial charge in [-0.05, 0) is 64.1 Å². The van der Waals surface area contributed by atoms with Gasteiger partial charge in [0.1, 0.15) is 0 Å². The van der Waals surface area contributed by atoms with Crippen molar-refractivity contribution in [2.45, 2.75) is 72.5 Å². The van der Waals surface area contributed by atoms with E-state index in [1.54, 1.807) is 0 Å². The van der Waals surface area contributed by atoms with Gasteiger partial charge in [0.2, 0.25) is 0 Å². The summed E-state index contributed by atoms with van der Waals surface area (Å²) in [7, 11) is -0.264. The molecule has 1 aliphatic heterocycles. The van der Waals surface area contributed by atoms with E-state index in [-0.39, 0.29) is 18.3 Å². The van der Waals surface area contributed by atoms with E-state index in [9.17, 15) is 0 Å². The summed E-state index contributed by atoms with van der Waals surface area (Å²) >= 11 is 0. The standard InChI is InChI=1S/C17H27BO2/c1-11(2)14-9-13(4)15(10-12(14)3)18-19-16(5,6)17(7,8)20-18/h9-11H,1-8H3. The van der Waals surface area contributed by atoms with Gasteiger partial charge in [0, 0.05) is 0 Å². The summed E-state index contributed by atoms with van der Waals surface area (Å²) in [6.45, 7) is 17.2. The highest BCUT2D eigenvalue weighted by Crippen LogP contribution is 2.37. The van der Waals surface area contributed by atoms with Crippen LogP contribution in [0.1, 0.15) is 64.2 Å². The van der Waals surface area contributed by atoms with Gasteiger partial charge in [-0.2, -0.15) is 0 Å². The molecule has 0 atom stereocenters. The predicted octanol–water partition coefficient (Wildman–Crippen LogP) is 3.73. The first-order chi connectivity index (χ1) is 9.05. The van der Waals surface area contributed by atoms with Gasteiger partial charge in [-0.1, -0.05) is 31.5 Å². The fraction of sp³-hybridized carbons (Fsp3) is 0.647. The normalized spacial score (nSPS) is 20.8. The zero-order valence-corrected chi connectivity index (χ0v) is 14.1. The maximum Gasteiger partial charge on any atom is 0.495 e. The van der Waals surface area contributed by atoms with Crippen LogP contribution in [0.2, 0.25) is 0 Å². The van der Waals surface area contributed by atoms with Crippen molar-refractivity contribution in [2.75, 3.05) is 0 Å². The van der Waals surface area contributed by atoms with Crippen LogP contribution in [0.3, 0.4) is 0 Å². The maximum atomic E-state index is 6.16. The molecule has 0 unspecified atom stereocenters. The summed E-state index contributed by atoms with van der Waals surface area (Å²) in [6.07, 6.45) is 0. The fourth-order valence-corrected chi connectivity index (χ4v) is 2.71. The molecule has 2 rings (SSSR count). The van der Waals surface area contributed by atoms with Gasteiger partial charge in [0.15, 0.2) is 0 Å². The second-order valence-corrected chi connectivity index (χ2v) is 7.31. The fourth-order valence-electron chi connectivity index (χ4n) is 2.71. The molecule has 0 radical (unpaired) electrons. The lowest BCUT2D eigenvalue weighted by Gasteiger charge is -2.32. The van der Waals surface area contributed by atoms with Crippen LogP contribution >= 0.6 is 0 Å². The van der Waals surface area contributed by atoms with Crippen molar-refractivity contribution in [3.63, 3.8) is 0 Å². The Bertz CT molecular complexity index is 502. The highest BCUT2D eigenvalue weighted by molar-refractivity contribution is 6.62. The Labute approximate surface area is 124 Å². The van der Waals surface area contributed by atoms with E-state index in [4.69, 9.17) is 9.31 Å². The lowest BCUT2D eigenvalue weighted by molar-refractivity contribution is 0.00578. The Morgan fingerprint density at radius 2 is 1.40 bits per heavy atom. The smallest absolute Gasteiger partial charge is 0.399 e. The lowest BCUT2D eigenvalue weighted by Crippen LogP contribution is -2.41. The molecular weight excluding hydrogens is 247 g/mol. The molecule has 0 N–H and O–H groups in total. The average Bonchev–Trinajstić information content (AvgIpc) is 2.50. The number of benzene rings is 1. The Morgan fingerprint density at radius 3 is 1.85 bits per heavy atom. The van der Waals surface area contributed by atoms with Gasteiger partial charge >= 0.3 is 7.12 Å². The van der Waals surface area contributed by atoms with E-state index < -0.39 is 0 Å². The summed E-state index contributed by atoms with van der Waals surface area (Å²) in [5, 5.41) is 0. The SMILES string of the molecule is Cc1cc(C(C)C)c(C)cc1B1OC(C)(C)C(C)(C)O1. The van der Waals surface area contributed by atoms with Crippen LogP contribution in [0.15, 0.2) is 12.1 Å². The van der Waals surface area contributed by atoms with Crippen molar-refractivity contribution in [2.24, 2.45) is 0 Å². The highest BCUT2D eigenvalue weighted by Gasteiger charge is 2.52. The number of hydrogen-bond donors (Lipinski definition) is 0. The van der Waals surface area contributed by atoms with Crippen molar-refractivity contribution < 1.29 is 9.31 Å². The van der Waals surface area contributed by atoms with Crippen LogP contribution in [0.4, 0.5) is 0 Å². The zero-order valence-electron chi connectivity index (χ0n) is 14.1. The molecule has 0 spiro atoms. The zero-order chi connectivity index (χ0) is 15.3. The summed E-state index contributed by atoms with van der Waals surface area (Å²) in [5.41, 5.74) is 4.56. The number of hydrogen-bond acceptors (Lipinski definition) is 2. The topological polar surface area (TPSA) is 18.5 Å². The lowest BCUT2D eigenvalue weighted by atomic mass is 9.74. The minimum atomic E-state index is -0.283. The molecule has 1 fully saturated rings. The molecule has 20 heavy (non-hydrogen) atoms. The third kappa shape index (κ3) is 2.54. The molecule has 110 valence electrons. The molecule has 0 amide bonds. The molecule has 1 aromatic rings.